The number of amides is 1. The molecule has 0 aromatic heterocycles. The number of benzene rings is 2. The topological polar surface area (TPSA) is 82.3 Å². The quantitative estimate of drug-likeness (QED) is 0.666. The maximum absolute atomic E-state index is 12.3. The van der Waals surface area contributed by atoms with Crippen molar-refractivity contribution in [2.45, 2.75) is 13.8 Å². The fourth-order valence-electron chi connectivity index (χ4n) is 2.26. The zero-order valence-corrected chi connectivity index (χ0v) is 13.8. The normalized spacial score (nSPS) is 10.8. The minimum Gasteiger partial charge on any atom is -0.507 e. The van der Waals surface area contributed by atoms with Gasteiger partial charge in [-0.15, -0.1) is 0 Å². The van der Waals surface area contributed by atoms with Gasteiger partial charge in [0, 0.05) is 5.69 Å². The van der Waals surface area contributed by atoms with E-state index in [2.05, 4.69) is 5.32 Å². The lowest BCUT2D eigenvalue weighted by Gasteiger charge is -2.07. The summed E-state index contributed by atoms with van der Waals surface area (Å²) in [6.45, 7) is 3.53. The van der Waals surface area contributed by atoms with E-state index in [0.717, 1.165) is 0 Å². The number of nitrogens with zero attached hydrogens (tertiary/aromatic N) is 1. The van der Waals surface area contributed by atoms with E-state index in [1.54, 1.807) is 57.4 Å². The van der Waals surface area contributed by atoms with Crippen molar-refractivity contribution in [3.05, 3.63) is 58.7 Å². The van der Waals surface area contributed by atoms with Gasteiger partial charge in [0.25, 0.3) is 5.91 Å². The molecule has 0 aliphatic heterocycles. The lowest BCUT2D eigenvalue weighted by Crippen LogP contribution is -2.13. The van der Waals surface area contributed by atoms with Gasteiger partial charge < -0.3 is 15.2 Å². The van der Waals surface area contributed by atoms with Gasteiger partial charge in [0.2, 0.25) is 0 Å². The molecule has 0 fully saturated rings. The van der Waals surface area contributed by atoms with Crippen molar-refractivity contribution in [3.8, 4) is 17.6 Å². The van der Waals surface area contributed by atoms with Crippen molar-refractivity contribution in [1.29, 1.82) is 5.26 Å². The van der Waals surface area contributed by atoms with Gasteiger partial charge in [0.15, 0.2) is 0 Å². The van der Waals surface area contributed by atoms with Crippen LogP contribution in [0.15, 0.2) is 42.0 Å². The molecule has 1 amide bonds. The van der Waals surface area contributed by atoms with Crippen LogP contribution in [0.4, 0.5) is 5.69 Å². The Morgan fingerprint density at radius 3 is 2.29 bits per heavy atom. The largest absolute Gasteiger partial charge is 0.507 e. The van der Waals surface area contributed by atoms with Crippen molar-refractivity contribution < 1.29 is 14.6 Å². The van der Waals surface area contributed by atoms with Gasteiger partial charge in [-0.1, -0.05) is 0 Å². The molecule has 0 unspecified atom stereocenters. The molecule has 2 rings (SSSR count). The molecular formula is C19H18N2O3. The summed E-state index contributed by atoms with van der Waals surface area (Å²) in [5, 5.41) is 21.7. The Bertz CT molecular complexity index is 808. The van der Waals surface area contributed by atoms with Crippen molar-refractivity contribution in [2.75, 3.05) is 12.4 Å². The number of rotatable bonds is 4. The first-order valence-electron chi connectivity index (χ1n) is 7.32. The monoisotopic (exact) mass is 322 g/mol. The van der Waals surface area contributed by atoms with Crippen LogP contribution in [0.3, 0.4) is 0 Å². The fraction of sp³-hybridized carbons (Fsp3) is 0.158. The fourth-order valence-corrected chi connectivity index (χ4v) is 2.26. The van der Waals surface area contributed by atoms with E-state index in [9.17, 15) is 15.2 Å². The lowest BCUT2D eigenvalue weighted by molar-refractivity contribution is -0.112. The van der Waals surface area contributed by atoms with Crippen LogP contribution < -0.4 is 10.1 Å². The average molecular weight is 322 g/mol. The van der Waals surface area contributed by atoms with Crippen LogP contribution in [-0.2, 0) is 4.79 Å². The van der Waals surface area contributed by atoms with Gasteiger partial charge in [-0.2, -0.15) is 5.26 Å². The van der Waals surface area contributed by atoms with E-state index >= 15 is 0 Å². The molecule has 2 aromatic rings. The second-order valence-electron chi connectivity index (χ2n) is 5.36. The number of methoxy groups -OCH3 is 1. The molecule has 0 atom stereocenters. The van der Waals surface area contributed by atoms with Crippen molar-refractivity contribution in [1.82, 2.24) is 0 Å². The molecule has 0 spiro atoms. The number of hydrogen-bond acceptors (Lipinski definition) is 4. The zero-order valence-electron chi connectivity index (χ0n) is 13.8. The van der Waals surface area contributed by atoms with Crippen LogP contribution in [0.1, 0.15) is 16.7 Å². The molecule has 2 N–H and O–H groups in total. The highest BCUT2D eigenvalue weighted by Gasteiger charge is 2.11. The number of carbonyl (C=O) groups excluding carboxylic acids is 1. The van der Waals surface area contributed by atoms with Gasteiger partial charge in [0.1, 0.15) is 23.1 Å². The number of nitriles is 1. The Labute approximate surface area is 140 Å². The number of carbonyl (C=O) groups is 1. The van der Waals surface area contributed by atoms with Crippen molar-refractivity contribution in [3.63, 3.8) is 0 Å². The SMILES string of the molecule is COc1ccc(NC(=O)/C(C#N)=C\c2cc(C)c(O)c(C)c2)cc1. The van der Waals surface area contributed by atoms with E-state index in [1.807, 2.05) is 6.07 Å². The molecule has 0 aliphatic rings. The summed E-state index contributed by atoms with van der Waals surface area (Å²) in [6, 6.07) is 12.2. The van der Waals surface area contributed by atoms with Gasteiger partial charge >= 0.3 is 0 Å². The first kappa shape index (κ1) is 17.1. The van der Waals surface area contributed by atoms with Gasteiger partial charge in [-0.3, -0.25) is 4.79 Å². The minimum absolute atomic E-state index is 0.0182. The van der Waals surface area contributed by atoms with Gasteiger partial charge in [0.05, 0.1) is 7.11 Å². The summed E-state index contributed by atoms with van der Waals surface area (Å²) in [5.74, 6) is 0.401. The Morgan fingerprint density at radius 2 is 1.79 bits per heavy atom. The molecule has 0 radical (unpaired) electrons. The summed E-state index contributed by atoms with van der Waals surface area (Å²) in [6.07, 6.45) is 1.50. The first-order chi connectivity index (χ1) is 11.4. The highest BCUT2D eigenvalue weighted by molar-refractivity contribution is 6.09. The van der Waals surface area contributed by atoms with Gasteiger partial charge in [-0.25, -0.2) is 0 Å². The number of phenols is 1. The highest BCUT2D eigenvalue weighted by Crippen LogP contribution is 2.24. The minimum atomic E-state index is -0.494. The third kappa shape index (κ3) is 3.93. The Balaban J connectivity index is 2.23. The molecule has 2 aromatic carbocycles. The third-order valence-corrected chi connectivity index (χ3v) is 3.54. The van der Waals surface area contributed by atoms with Crippen molar-refractivity contribution in [2.24, 2.45) is 0 Å². The van der Waals surface area contributed by atoms with Crippen LogP contribution in [0.25, 0.3) is 6.08 Å². The Kier molecular flexibility index (Phi) is 5.23. The maximum atomic E-state index is 12.3. The number of nitrogens with one attached hydrogen (secondary N) is 1. The number of aryl methyl sites for hydroxylation is 2. The highest BCUT2D eigenvalue weighted by atomic mass is 16.5. The van der Waals surface area contributed by atoms with E-state index in [0.29, 0.717) is 28.1 Å². The van der Waals surface area contributed by atoms with Crippen LogP contribution in [-0.4, -0.2) is 18.1 Å². The second-order valence-corrected chi connectivity index (χ2v) is 5.36. The summed E-state index contributed by atoms with van der Waals surface area (Å²) in [4.78, 5) is 12.3. The van der Waals surface area contributed by atoms with Crippen LogP contribution in [0.5, 0.6) is 11.5 Å². The molecule has 5 nitrogen and oxygen atoms in total. The Hall–Kier alpha value is -3.26. The molecule has 0 saturated heterocycles. The predicted molar refractivity (Wildman–Crippen MR) is 92.8 cm³/mol. The van der Waals surface area contributed by atoms with E-state index in [4.69, 9.17) is 4.74 Å². The lowest BCUT2D eigenvalue weighted by atomic mass is 10.0. The first-order valence-corrected chi connectivity index (χ1v) is 7.32. The molecule has 0 saturated carbocycles. The molecule has 122 valence electrons. The van der Waals surface area contributed by atoms with E-state index < -0.39 is 5.91 Å². The molecule has 0 aliphatic carbocycles. The number of phenolic OH excluding ortho intramolecular Hbond substituents is 1. The predicted octanol–water partition coefficient (Wildman–Crippen LogP) is 3.56. The zero-order chi connectivity index (χ0) is 17.7. The summed E-state index contributed by atoms with van der Waals surface area (Å²) < 4.78 is 5.06. The second kappa shape index (κ2) is 7.34. The van der Waals surface area contributed by atoms with Gasteiger partial charge in [-0.05, 0) is 73.0 Å². The maximum Gasteiger partial charge on any atom is 0.266 e. The summed E-state index contributed by atoms with van der Waals surface area (Å²) >= 11 is 0. The van der Waals surface area contributed by atoms with Crippen molar-refractivity contribution >= 4 is 17.7 Å². The smallest absolute Gasteiger partial charge is 0.266 e. The van der Waals surface area contributed by atoms with Crippen LogP contribution in [0, 0.1) is 25.2 Å². The number of hydrogen-bond donors (Lipinski definition) is 2. The summed E-state index contributed by atoms with van der Waals surface area (Å²) in [7, 11) is 1.56. The third-order valence-electron chi connectivity index (χ3n) is 3.54. The Morgan fingerprint density at radius 1 is 1.21 bits per heavy atom. The molecule has 5 heteroatoms. The number of ether oxygens (including phenoxy) is 1. The molecule has 0 bridgehead atoms. The summed E-state index contributed by atoms with van der Waals surface area (Å²) in [5.41, 5.74) is 2.61. The van der Waals surface area contributed by atoms with Crippen LogP contribution in [0.2, 0.25) is 0 Å². The van der Waals surface area contributed by atoms with E-state index in [1.165, 1.54) is 6.08 Å². The number of anilines is 1. The molecule has 0 heterocycles. The average Bonchev–Trinajstić information content (AvgIpc) is 2.58. The van der Waals surface area contributed by atoms with E-state index in [-0.39, 0.29) is 11.3 Å². The molecular weight excluding hydrogens is 304 g/mol. The van der Waals surface area contributed by atoms with Crippen LogP contribution >= 0.6 is 0 Å². The standard InChI is InChI=1S/C19H18N2O3/c1-12-8-14(9-13(2)18(12)22)10-15(11-20)19(23)21-16-4-6-17(24-3)7-5-16/h4-10,22H,1-3H3,(H,21,23)/b15-10-. The molecule has 24 heavy (non-hydrogen) atoms. The number of aromatic hydroxyl groups is 1.